The highest BCUT2D eigenvalue weighted by Crippen LogP contribution is 2.14. The van der Waals surface area contributed by atoms with Crippen LogP contribution in [0.2, 0.25) is 0 Å². The van der Waals surface area contributed by atoms with Gasteiger partial charge in [0.1, 0.15) is 0 Å². The number of rotatable bonds is 5. The van der Waals surface area contributed by atoms with Crippen LogP contribution in [0.1, 0.15) is 12.0 Å². The first-order chi connectivity index (χ1) is 7.22. The molecule has 0 bridgehead atoms. The Kier molecular flexibility index (Phi) is 5.04. The monoisotopic (exact) mass is 225 g/mol. The van der Waals surface area contributed by atoms with Crippen LogP contribution in [0.4, 0.5) is 5.69 Å². The van der Waals surface area contributed by atoms with E-state index >= 15 is 0 Å². The second kappa shape index (κ2) is 6.35. The largest absolute Gasteiger partial charge is 0.469 e. The van der Waals surface area contributed by atoms with Gasteiger partial charge in [0.2, 0.25) is 0 Å². The van der Waals surface area contributed by atoms with Gasteiger partial charge in [-0.2, -0.15) is 11.8 Å². The molecule has 0 aliphatic carbocycles. The standard InChI is InChI=1S/C11H15NO2S/c1-14-11(13)6-7-15-8-9-2-4-10(12)5-3-9/h2-5H,6-8,12H2,1H3. The third kappa shape index (κ3) is 4.74. The quantitative estimate of drug-likeness (QED) is 0.473. The maximum absolute atomic E-state index is 10.8. The smallest absolute Gasteiger partial charge is 0.306 e. The number of anilines is 1. The fourth-order valence-corrected chi connectivity index (χ4v) is 1.94. The summed E-state index contributed by atoms with van der Waals surface area (Å²) in [4.78, 5) is 10.8. The molecule has 0 aliphatic heterocycles. The fourth-order valence-electron chi connectivity index (χ4n) is 1.06. The van der Waals surface area contributed by atoms with Crippen LogP contribution in [-0.2, 0) is 15.3 Å². The van der Waals surface area contributed by atoms with Gasteiger partial charge in [-0.05, 0) is 17.7 Å². The van der Waals surface area contributed by atoms with Crippen molar-refractivity contribution < 1.29 is 9.53 Å². The summed E-state index contributed by atoms with van der Waals surface area (Å²) in [6.07, 6.45) is 0.468. The van der Waals surface area contributed by atoms with Crippen LogP contribution in [0.5, 0.6) is 0 Å². The summed E-state index contributed by atoms with van der Waals surface area (Å²) in [5.41, 5.74) is 7.57. The molecular weight excluding hydrogens is 210 g/mol. The third-order valence-electron chi connectivity index (χ3n) is 1.93. The normalized spacial score (nSPS) is 9.93. The molecule has 0 fully saturated rings. The van der Waals surface area contributed by atoms with E-state index in [4.69, 9.17) is 5.73 Å². The number of methoxy groups -OCH3 is 1. The van der Waals surface area contributed by atoms with Gasteiger partial charge < -0.3 is 10.5 Å². The number of nitrogen functional groups attached to an aromatic ring is 1. The number of ether oxygens (including phenoxy) is 1. The van der Waals surface area contributed by atoms with Gasteiger partial charge in [-0.15, -0.1) is 0 Å². The molecule has 0 amide bonds. The Morgan fingerprint density at radius 2 is 2.07 bits per heavy atom. The van der Waals surface area contributed by atoms with Crippen molar-refractivity contribution >= 4 is 23.4 Å². The molecule has 3 nitrogen and oxygen atoms in total. The Morgan fingerprint density at radius 3 is 2.67 bits per heavy atom. The van der Waals surface area contributed by atoms with Gasteiger partial charge in [-0.3, -0.25) is 4.79 Å². The van der Waals surface area contributed by atoms with Gasteiger partial charge in [-0.1, -0.05) is 12.1 Å². The first kappa shape index (κ1) is 11.9. The lowest BCUT2D eigenvalue weighted by Gasteiger charge is -2.01. The molecule has 1 aromatic carbocycles. The van der Waals surface area contributed by atoms with Crippen molar-refractivity contribution in [2.45, 2.75) is 12.2 Å². The van der Waals surface area contributed by atoms with Crippen LogP contribution < -0.4 is 5.73 Å². The fraction of sp³-hybridized carbons (Fsp3) is 0.364. The summed E-state index contributed by atoms with van der Waals surface area (Å²) in [6, 6.07) is 7.77. The molecule has 4 heteroatoms. The molecule has 82 valence electrons. The first-order valence-electron chi connectivity index (χ1n) is 4.71. The summed E-state index contributed by atoms with van der Waals surface area (Å²) >= 11 is 1.71. The zero-order chi connectivity index (χ0) is 11.1. The molecule has 0 unspecified atom stereocenters. The zero-order valence-corrected chi connectivity index (χ0v) is 9.55. The van der Waals surface area contributed by atoms with Gasteiger partial charge in [-0.25, -0.2) is 0 Å². The average molecular weight is 225 g/mol. The van der Waals surface area contributed by atoms with Crippen molar-refractivity contribution in [3.63, 3.8) is 0 Å². The Balaban J connectivity index is 2.20. The van der Waals surface area contributed by atoms with E-state index in [0.29, 0.717) is 6.42 Å². The van der Waals surface area contributed by atoms with Crippen molar-refractivity contribution in [2.75, 3.05) is 18.6 Å². The van der Waals surface area contributed by atoms with Crippen LogP contribution in [0.25, 0.3) is 0 Å². The molecule has 0 heterocycles. The van der Waals surface area contributed by atoms with Crippen LogP contribution in [0.3, 0.4) is 0 Å². The summed E-state index contributed by atoms with van der Waals surface area (Å²) in [5.74, 6) is 1.54. The van der Waals surface area contributed by atoms with E-state index in [-0.39, 0.29) is 5.97 Å². The number of hydrogen-bond acceptors (Lipinski definition) is 4. The van der Waals surface area contributed by atoms with Crippen LogP contribution in [-0.4, -0.2) is 18.8 Å². The minimum atomic E-state index is -0.153. The Labute approximate surface area is 94.0 Å². The first-order valence-corrected chi connectivity index (χ1v) is 5.87. The highest BCUT2D eigenvalue weighted by Gasteiger charge is 1.99. The molecule has 0 aliphatic rings. The predicted octanol–water partition coefficient (Wildman–Crippen LogP) is 2.07. The molecule has 15 heavy (non-hydrogen) atoms. The van der Waals surface area contributed by atoms with Crippen molar-refractivity contribution in [2.24, 2.45) is 0 Å². The summed E-state index contributed by atoms with van der Waals surface area (Å²) in [6.45, 7) is 0. The van der Waals surface area contributed by atoms with E-state index in [1.165, 1.54) is 12.7 Å². The summed E-state index contributed by atoms with van der Waals surface area (Å²) in [5, 5.41) is 0. The number of thioether (sulfide) groups is 1. The maximum Gasteiger partial charge on any atom is 0.306 e. The van der Waals surface area contributed by atoms with Crippen LogP contribution in [0.15, 0.2) is 24.3 Å². The van der Waals surface area contributed by atoms with Crippen LogP contribution in [0, 0.1) is 0 Å². The molecule has 0 saturated heterocycles. The lowest BCUT2D eigenvalue weighted by atomic mass is 10.2. The van der Waals surface area contributed by atoms with Gasteiger partial charge >= 0.3 is 5.97 Å². The number of benzene rings is 1. The molecule has 2 N–H and O–H groups in total. The van der Waals surface area contributed by atoms with Crippen LogP contribution >= 0.6 is 11.8 Å². The SMILES string of the molecule is COC(=O)CCSCc1ccc(N)cc1. The molecule has 0 atom stereocenters. The van der Waals surface area contributed by atoms with E-state index in [2.05, 4.69) is 4.74 Å². The minimum Gasteiger partial charge on any atom is -0.469 e. The topological polar surface area (TPSA) is 52.3 Å². The highest BCUT2D eigenvalue weighted by atomic mass is 32.2. The average Bonchev–Trinajstić information content (AvgIpc) is 2.26. The third-order valence-corrected chi connectivity index (χ3v) is 2.96. The van der Waals surface area contributed by atoms with Crippen molar-refractivity contribution in [1.82, 2.24) is 0 Å². The van der Waals surface area contributed by atoms with E-state index in [1.807, 2.05) is 24.3 Å². The van der Waals surface area contributed by atoms with Gasteiger partial charge in [0.15, 0.2) is 0 Å². The lowest BCUT2D eigenvalue weighted by molar-refractivity contribution is -0.140. The number of nitrogens with two attached hydrogens (primary N) is 1. The highest BCUT2D eigenvalue weighted by molar-refractivity contribution is 7.98. The van der Waals surface area contributed by atoms with Crippen molar-refractivity contribution in [1.29, 1.82) is 0 Å². The van der Waals surface area contributed by atoms with E-state index < -0.39 is 0 Å². The number of carbonyl (C=O) groups excluding carboxylic acids is 1. The maximum atomic E-state index is 10.8. The van der Waals surface area contributed by atoms with Crippen molar-refractivity contribution in [3.8, 4) is 0 Å². The number of hydrogen-bond donors (Lipinski definition) is 1. The summed E-state index contributed by atoms with van der Waals surface area (Å²) in [7, 11) is 1.41. The Bertz CT molecular complexity index is 311. The predicted molar refractivity (Wildman–Crippen MR) is 63.6 cm³/mol. The molecular formula is C11H15NO2S. The molecule has 1 aromatic rings. The number of carbonyl (C=O) groups is 1. The lowest BCUT2D eigenvalue weighted by Crippen LogP contribution is -2.01. The van der Waals surface area contributed by atoms with E-state index in [1.54, 1.807) is 11.8 Å². The molecule has 1 rings (SSSR count). The molecule has 0 saturated carbocycles. The second-order valence-electron chi connectivity index (χ2n) is 3.12. The van der Waals surface area contributed by atoms with Crippen molar-refractivity contribution in [3.05, 3.63) is 29.8 Å². The van der Waals surface area contributed by atoms with E-state index in [9.17, 15) is 4.79 Å². The summed E-state index contributed by atoms with van der Waals surface area (Å²) < 4.78 is 4.55. The Morgan fingerprint density at radius 1 is 1.40 bits per heavy atom. The molecule has 0 aromatic heterocycles. The second-order valence-corrected chi connectivity index (χ2v) is 4.23. The van der Waals surface area contributed by atoms with Gasteiger partial charge in [0.25, 0.3) is 0 Å². The van der Waals surface area contributed by atoms with E-state index in [0.717, 1.165) is 17.2 Å². The minimum absolute atomic E-state index is 0.153. The Hall–Kier alpha value is -1.16. The molecule has 0 radical (unpaired) electrons. The number of esters is 1. The van der Waals surface area contributed by atoms with Gasteiger partial charge in [0, 0.05) is 17.2 Å². The van der Waals surface area contributed by atoms with Gasteiger partial charge in [0.05, 0.1) is 13.5 Å². The molecule has 0 spiro atoms. The zero-order valence-electron chi connectivity index (χ0n) is 8.73.